The van der Waals surface area contributed by atoms with Crippen LogP contribution in [-0.4, -0.2) is 12.2 Å². The van der Waals surface area contributed by atoms with Gasteiger partial charge in [0.15, 0.2) is 0 Å². The molecule has 0 bridgehead atoms. The molecule has 0 aliphatic carbocycles. The van der Waals surface area contributed by atoms with Crippen LogP contribution in [0.15, 0.2) is 34.5 Å². The molecular formula is C14H22N4. The van der Waals surface area contributed by atoms with Gasteiger partial charge in [-0.05, 0) is 29.4 Å². The van der Waals surface area contributed by atoms with E-state index in [1.807, 2.05) is 0 Å². The highest BCUT2D eigenvalue weighted by atomic mass is 15.3. The molecule has 0 aromatic heterocycles. The molecule has 4 nitrogen and oxygen atoms in total. The molecule has 0 unspecified atom stereocenters. The van der Waals surface area contributed by atoms with E-state index < -0.39 is 0 Å². The zero-order valence-electron chi connectivity index (χ0n) is 11.4. The van der Waals surface area contributed by atoms with Crippen molar-refractivity contribution in [2.24, 2.45) is 21.7 Å². The fourth-order valence-electron chi connectivity index (χ4n) is 1.57. The summed E-state index contributed by atoms with van der Waals surface area (Å²) in [4.78, 5) is 0. The van der Waals surface area contributed by atoms with Crippen molar-refractivity contribution >= 4 is 12.2 Å². The molecule has 0 fully saturated rings. The molecule has 0 saturated carbocycles. The Balaban J connectivity index is 2.50. The minimum Gasteiger partial charge on any atom is -0.369 e. The van der Waals surface area contributed by atoms with Crippen LogP contribution in [0.3, 0.4) is 0 Å². The van der Waals surface area contributed by atoms with E-state index in [-0.39, 0.29) is 11.4 Å². The first-order valence-electron chi connectivity index (χ1n) is 6.09. The van der Waals surface area contributed by atoms with E-state index in [0.717, 1.165) is 12.8 Å². The largest absolute Gasteiger partial charge is 0.369 e. The Labute approximate surface area is 109 Å². The molecule has 0 atom stereocenters. The van der Waals surface area contributed by atoms with Crippen molar-refractivity contribution in [3.63, 3.8) is 0 Å². The quantitative estimate of drug-likeness (QED) is 0.485. The van der Waals surface area contributed by atoms with Crippen molar-refractivity contribution in [2.75, 3.05) is 0 Å². The van der Waals surface area contributed by atoms with E-state index in [1.165, 1.54) is 11.1 Å². The summed E-state index contributed by atoms with van der Waals surface area (Å²) in [5, 5.41) is 7.30. The lowest BCUT2D eigenvalue weighted by Gasteiger charge is -2.19. The Hall–Kier alpha value is -1.84. The zero-order valence-corrected chi connectivity index (χ0v) is 11.4. The fourth-order valence-corrected chi connectivity index (χ4v) is 1.57. The van der Waals surface area contributed by atoms with Gasteiger partial charge < -0.3 is 11.5 Å². The normalized spacial score (nSPS) is 11.7. The Bertz CT molecular complexity index is 420. The fraction of sp³-hybridized carbons (Fsp3) is 0.429. The first-order valence-corrected chi connectivity index (χ1v) is 6.09. The number of nitrogens with two attached hydrogens (primary N) is 2. The summed E-state index contributed by atoms with van der Waals surface area (Å²) in [6, 6.07) is 8.69. The van der Waals surface area contributed by atoms with Gasteiger partial charge >= 0.3 is 0 Å². The van der Waals surface area contributed by atoms with Gasteiger partial charge in [-0.15, -0.1) is 5.10 Å². The first kappa shape index (κ1) is 14.2. The number of hydrogen-bond donors (Lipinski definition) is 2. The second kappa shape index (κ2) is 6.19. The number of hydrogen-bond acceptors (Lipinski definition) is 2. The van der Waals surface area contributed by atoms with Crippen LogP contribution in [0, 0.1) is 0 Å². The van der Waals surface area contributed by atoms with E-state index in [1.54, 1.807) is 6.21 Å². The molecule has 0 saturated heterocycles. The highest BCUT2D eigenvalue weighted by Crippen LogP contribution is 2.22. The number of nitrogens with zero attached hydrogens (tertiary/aromatic N) is 2. The maximum atomic E-state index is 5.16. The number of aryl methyl sites for hydroxylation is 1. The molecule has 0 radical (unpaired) electrons. The van der Waals surface area contributed by atoms with E-state index in [4.69, 9.17) is 11.5 Å². The maximum Gasteiger partial charge on any atom is 0.211 e. The lowest BCUT2D eigenvalue weighted by atomic mass is 9.86. The third kappa shape index (κ3) is 4.99. The van der Waals surface area contributed by atoms with Gasteiger partial charge in [-0.1, -0.05) is 45.0 Å². The predicted octanol–water partition coefficient (Wildman–Crippen LogP) is 2.18. The summed E-state index contributed by atoms with van der Waals surface area (Å²) in [5.74, 6) is -0.0132. The highest BCUT2D eigenvalue weighted by Gasteiger charge is 2.12. The van der Waals surface area contributed by atoms with E-state index in [2.05, 4.69) is 55.2 Å². The number of benzene rings is 1. The monoisotopic (exact) mass is 246 g/mol. The van der Waals surface area contributed by atoms with Crippen molar-refractivity contribution in [2.45, 2.75) is 39.0 Å². The van der Waals surface area contributed by atoms with Crippen LogP contribution in [0.4, 0.5) is 0 Å². The molecule has 4 heteroatoms. The van der Waals surface area contributed by atoms with Crippen LogP contribution >= 0.6 is 0 Å². The predicted molar refractivity (Wildman–Crippen MR) is 77.8 cm³/mol. The topological polar surface area (TPSA) is 76.8 Å². The molecule has 0 amide bonds. The van der Waals surface area contributed by atoms with Crippen molar-refractivity contribution in [3.8, 4) is 0 Å². The second-order valence-electron chi connectivity index (χ2n) is 5.31. The molecule has 1 aromatic carbocycles. The minimum atomic E-state index is -0.0132. The zero-order chi connectivity index (χ0) is 13.6. The van der Waals surface area contributed by atoms with E-state index >= 15 is 0 Å². The summed E-state index contributed by atoms with van der Waals surface area (Å²) < 4.78 is 0. The van der Waals surface area contributed by atoms with Gasteiger partial charge in [0.25, 0.3) is 0 Å². The van der Waals surface area contributed by atoms with Crippen LogP contribution in [0.2, 0.25) is 0 Å². The smallest absolute Gasteiger partial charge is 0.211 e. The van der Waals surface area contributed by atoms with Gasteiger partial charge in [0.05, 0.1) is 0 Å². The summed E-state index contributed by atoms with van der Waals surface area (Å²) in [7, 11) is 0. The van der Waals surface area contributed by atoms with Gasteiger partial charge in [0.2, 0.25) is 5.96 Å². The van der Waals surface area contributed by atoms with Crippen molar-refractivity contribution in [3.05, 3.63) is 35.4 Å². The molecule has 1 rings (SSSR count). The van der Waals surface area contributed by atoms with Crippen LogP contribution in [0.1, 0.15) is 38.3 Å². The van der Waals surface area contributed by atoms with Crippen LogP contribution < -0.4 is 11.5 Å². The Morgan fingerprint density at radius 1 is 1.17 bits per heavy atom. The average Bonchev–Trinajstić information content (AvgIpc) is 2.27. The van der Waals surface area contributed by atoms with Crippen LogP contribution in [0.5, 0.6) is 0 Å². The summed E-state index contributed by atoms with van der Waals surface area (Å²) in [5.41, 5.74) is 13.2. The van der Waals surface area contributed by atoms with Gasteiger partial charge in [-0.3, -0.25) is 0 Å². The molecule has 0 aliphatic heterocycles. The first-order chi connectivity index (χ1) is 8.39. The molecule has 1 aromatic rings. The molecule has 0 heterocycles. The third-order valence-electron chi connectivity index (χ3n) is 2.64. The Kier molecular flexibility index (Phi) is 4.89. The summed E-state index contributed by atoms with van der Waals surface area (Å²) >= 11 is 0. The average molecular weight is 246 g/mol. The summed E-state index contributed by atoms with van der Waals surface area (Å²) in [6.07, 6.45) is 3.48. The Morgan fingerprint density at radius 2 is 1.78 bits per heavy atom. The molecule has 0 aliphatic rings. The number of rotatable bonds is 4. The van der Waals surface area contributed by atoms with E-state index in [0.29, 0.717) is 0 Å². The van der Waals surface area contributed by atoms with Gasteiger partial charge in [0.1, 0.15) is 0 Å². The van der Waals surface area contributed by atoms with Gasteiger partial charge in [0, 0.05) is 6.21 Å². The van der Waals surface area contributed by atoms with Crippen molar-refractivity contribution in [1.29, 1.82) is 0 Å². The van der Waals surface area contributed by atoms with Gasteiger partial charge in [-0.2, -0.15) is 5.10 Å². The lowest BCUT2D eigenvalue weighted by Crippen LogP contribution is -2.21. The van der Waals surface area contributed by atoms with Crippen LogP contribution in [-0.2, 0) is 11.8 Å². The maximum absolute atomic E-state index is 5.16. The van der Waals surface area contributed by atoms with Crippen LogP contribution in [0.25, 0.3) is 0 Å². The summed E-state index contributed by atoms with van der Waals surface area (Å²) in [6.45, 7) is 6.64. The molecule has 4 N–H and O–H groups in total. The minimum absolute atomic E-state index is 0.0132. The molecule has 98 valence electrons. The SMILES string of the molecule is CC(C)(C)c1ccc(CCC=NN=C(N)N)cc1. The second-order valence-corrected chi connectivity index (χ2v) is 5.31. The molecule has 0 spiro atoms. The van der Waals surface area contributed by atoms with Crippen molar-refractivity contribution < 1.29 is 0 Å². The third-order valence-corrected chi connectivity index (χ3v) is 2.64. The number of guanidine groups is 1. The van der Waals surface area contributed by atoms with Gasteiger partial charge in [-0.25, -0.2) is 0 Å². The molecular weight excluding hydrogens is 224 g/mol. The Morgan fingerprint density at radius 3 is 2.28 bits per heavy atom. The lowest BCUT2D eigenvalue weighted by molar-refractivity contribution is 0.590. The highest BCUT2D eigenvalue weighted by molar-refractivity contribution is 5.76. The standard InChI is InChI=1S/C14H22N4/c1-14(2,3)12-8-6-11(7-9-12)5-4-10-17-18-13(15)16/h6-10H,4-5H2,1-3H3,(H4,15,16,18). The van der Waals surface area contributed by atoms with Crippen molar-refractivity contribution in [1.82, 2.24) is 0 Å². The van der Waals surface area contributed by atoms with E-state index in [9.17, 15) is 0 Å². The molecule has 18 heavy (non-hydrogen) atoms.